The Morgan fingerprint density at radius 2 is 2.11 bits per heavy atom. The van der Waals surface area contributed by atoms with E-state index in [0.29, 0.717) is 19.6 Å². The monoisotopic (exact) mass is 282 g/mol. The van der Waals surface area contributed by atoms with Crippen LogP contribution in [0.25, 0.3) is 0 Å². The molecule has 1 aliphatic rings. The van der Waals surface area contributed by atoms with Crippen LogP contribution in [0.4, 0.5) is 0 Å². The molecule has 1 fully saturated rings. The predicted octanol–water partition coefficient (Wildman–Crippen LogP) is 3.38. The molecule has 1 aliphatic heterocycles. The van der Waals surface area contributed by atoms with Gasteiger partial charge in [-0.1, -0.05) is 19.1 Å². The van der Waals surface area contributed by atoms with Crippen molar-refractivity contribution in [3.63, 3.8) is 0 Å². The Morgan fingerprint density at radius 3 is 2.74 bits per heavy atom. The first kappa shape index (κ1) is 14.9. The maximum Gasteiger partial charge on any atom is 0.168 e. The average molecular weight is 282 g/mol. The van der Waals surface area contributed by atoms with Crippen LogP contribution in [0, 0.1) is 0 Å². The van der Waals surface area contributed by atoms with E-state index >= 15 is 0 Å². The third-order valence-electron chi connectivity index (χ3n) is 3.63. The molecule has 1 unspecified atom stereocenters. The van der Waals surface area contributed by atoms with E-state index in [1.165, 1.54) is 4.90 Å². The number of hydrogen-bond acceptors (Lipinski definition) is 4. The van der Waals surface area contributed by atoms with Crippen molar-refractivity contribution < 1.29 is 14.6 Å². The lowest BCUT2D eigenvalue weighted by molar-refractivity contribution is -0.167. The van der Waals surface area contributed by atoms with Gasteiger partial charge in [0.2, 0.25) is 0 Å². The number of hydrogen-bond donors (Lipinski definition) is 1. The van der Waals surface area contributed by atoms with E-state index in [-0.39, 0.29) is 0 Å². The number of aliphatic hydroxyl groups excluding tert-OH is 1. The van der Waals surface area contributed by atoms with Crippen LogP contribution in [0.1, 0.15) is 37.9 Å². The predicted molar refractivity (Wildman–Crippen MR) is 77.3 cm³/mol. The van der Waals surface area contributed by atoms with E-state index in [2.05, 4.69) is 13.0 Å². The lowest BCUT2D eigenvalue weighted by Crippen LogP contribution is -2.29. The molecule has 0 bridgehead atoms. The summed E-state index contributed by atoms with van der Waals surface area (Å²) in [5, 5.41) is 10.3. The molecule has 0 amide bonds. The van der Waals surface area contributed by atoms with Crippen molar-refractivity contribution in [1.29, 1.82) is 0 Å². The molecule has 1 heterocycles. The topological polar surface area (TPSA) is 38.7 Å². The highest BCUT2D eigenvalue weighted by Crippen LogP contribution is 2.32. The molecule has 0 spiro atoms. The van der Waals surface area contributed by atoms with Crippen molar-refractivity contribution in [2.24, 2.45) is 0 Å². The van der Waals surface area contributed by atoms with Gasteiger partial charge in [0.15, 0.2) is 5.79 Å². The summed E-state index contributed by atoms with van der Waals surface area (Å²) in [7, 11) is 0. The van der Waals surface area contributed by atoms with Gasteiger partial charge >= 0.3 is 0 Å². The molecule has 1 N–H and O–H groups in total. The Balaban J connectivity index is 1.94. The smallest absolute Gasteiger partial charge is 0.168 e. The minimum atomic E-state index is -0.474. The highest BCUT2D eigenvalue weighted by atomic mass is 32.2. The van der Waals surface area contributed by atoms with Crippen LogP contribution < -0.4 is 0 Å². The Bertz CT molecular complexity index is 402. The highest BCUT2D eigenvalue weighted by molar-refractivity contribution is 7.98. The van der Waals surface area contributed by atoms with Gasteiger partial charge in [-0.15, -0.1) is 11.8 Å². The third-order valence-corrected chi connectivity index (χ3v) is 4.35. The second-order valence-electron chi connectivity index (χ2n) is 4.79. The SMILES string of the molecule is CCC1(CCC(O)c2cccc(SC)c2)OCCO1. The van der Waals surface area contributed by atoms with Crippen molar-refractivity contribution in [1.82, 2.24) is 0 Å². The second kappa shape index (κ2) is 6.75. The van der Waals surface area contributed by atoms with Crippen LogP contribution in [-0.4, -0.2) is 30.4 Å². The van der Waals surface area contributed by atoms with Crippen LogP contribution in [0.3, 0.4) is 0 Å². The maximum absolute atomic E-state index is 10.3. The molecule has 4 heteroatoms. The number of benzene rings is 1. The van der Waals surface area contributed by atoms with Crippen LogP contribution in [0.15, 0.2) is 29.2 Å². The minimum Gasteiger partial charge on any atom is -0.388 e. The van der Waals surface area contributed by atoms with E-state index in [9.17, 15) is 5.11 Å². The second-order valence-corrected chi connectivity index (χ2v) is 5.67. The Labute approximate surface area is 119 Å². The van der Waals surface area contributed by atoms with Gasteiger partial charge in [-0.3, -0.25) is 0 Å². The van der Waals surface area contributed by atoms with Gasteiger partial charge in [0.1, 0.15) is 0 Å². The van der Waals surface area contributed by atoms with Gasteiger partial charge in [0.25, 0.3) is 0 Å². The maximum atomic E-state index is 10.3. The summed E-state index contributed by atoms with van der Waals surface area (Å²) in [6, 6.07) is 8.06. The van der Waals surface area contributed by atoms with Crippen LogP contribution in [-0.2, 0) is 9.47 Å². The zero-order valence-corrected chi connectivity index (χ0v) is 12.4. The molecule has 0 radical (unpaired) electrons. The van der Waals surface area contributed by atoms with Crippen molar-refractivity contribution in [2.75, 3.05) is 19.5 Å². The van der Waals surface area contributed by atoms with Crippen molar-refractivity contribution in [3.8, 4) is 0 Å². The summed E-state index contributed by atoms with van der Waals surface area (Å²) in [4.78, 5) is 1.18. The van der Waals surface area contributed by atoms with Crippen molar-refractivity contribution in [2.45, 2.75) is 43.0 Å². The van der Waals surface area contributed by atoms with Crippen LogP contribution >= 0.6 is 11.8 Å². The first-order valence-corrected chi connectivity index (χ1v) is 8.01. The summed E-state index contributed by atoms with van der Waals surface area (Å²) in [5.74, 6) is -0.474. The van der Waals surface area contributed by atoms with E-state index in [1.54, 1.807) is 11.8 Å². The van der Waals surface area contributed by atoms with Gasteiger partial charge < -0.3 is 14.6 Å². The molecule has 1 atom stereocenters. The zero-order valence-electron chi connectivity index (χ0n) is 11.6. The Kier molecular flexibility index (Phi) is 5.28. The van der Waals surface area contributed by atoms with E-state index in [4.69, 9.17) is 9.47 Å². The molecule has 0 aromatic heterocycles. The molecule has 3 nitrogen and oxygen atoms in total. The Hall–Kier alpha value is -0.550. The molecule has 0 aliphatic carbocycles. The Morgan fingerprint density at radius 1 is 1.37 bits per heavy atom. The van der Waals surface area contributed by atoms with Crippen LogP contribution in [0.2, 0.25) is 0 Å². The summed E-state index contributed by atoms with van der Waals surface area (Å²) in [5.41, 5.74) is 0.969. The fourth-order valence-electron chi connectivity index (χ4n) is 2.39. The number of rotatable bonds is 6. The molecule has 1 aromatic carbocycles. The average Bonchev–Trinajstić information content (AvgIpc) is 2.94. The van der Waals surface area contributed by atoms with Crippen LogP contribution in [0.5, 0.6) is 0 Å². The summed E-state index contributed by atoms with van der Waals surface area (Å²) in [6.07, 6.45) is 3.80. The van der Waals surface area contributed by atoms with E-state index in [1.807, 2.05) is 24.5 Å². The molecule has 0 saturated carbocycles. The largest absolute Gasteiger partial charge is 0.388 e. The number of aliphatic hydroxyl groups is 1. The molecule has 19 heavy (non-hydrogen) atoms. The fourth-order valence-corrected chi connectivity index (χ4v) is 2.86. The molecular formula is C15H22O3S. The molecular weight excluding hydrogens is 260 g/mol. The number of thioether (sulfide) groups is 1. The molecule has 106 valence electrons. The lowest BCUT2D eigenvalue weighted by Gasteiger charge is -2.27. The van der Waals surface area contributed by atoms with E-state index in [0.717, 1.165) is 18.4 Å². The first-order chi connectivity index (χ1) is 9.19. The lowest BCUT2D eigenvalue weighted by atomic mass is 10.00. The fraction of sp³-hybridized carbons (Fsp3) is 0.600. The standard InChI is InChI=1S/C15H22O3S/c1-3-15(17-9-10-18-15)8-7-14(16)12-5-4-6-13(11-12)19-2/h4-6,11,14,16H,3,7-10H2,1-2H3. The summed E-state index contributed by atoms with van der Waals surface area (Å²) < 4.78 is 11.4. The normalized spacial score (nSPS) is 19.5. The minimum absolute atomic E-state index is 0.455. The van der Waals surface area contributed by atoms with Crippen molar-refractivity contribution in [3.05, 3.63) is 29.8 Å². The van der Waals surface area contributed by atoms with Gasteiger partial charge in [-0.05, 0) is 36.8 Å². The quantitative estimate of drug-likeness (QED) is 0.812. The third kappa shape index (κ3) is 3.72. The number of ether oxygens (including phenoxy) is 2. The summed E-state index contributed by atoms with van der Waals surface area (Å²) >= 11 is 1.69. The molecule has 1 saturated heterocycles. The van der Waals surface area contributed by atoms with Gasteiger partial charge in [0, 0.05) is 11.3 Å². The van der Waals surface area contributed by atoms with Gasteiger partial charge in [-0.25, -0.2) is 0 Å². The molecule has 1 aromatic rings. The summed E-state index contributed by atoms with van der Waals surface area (Å²) in [6.45, 7) is 3.38. The van der Waals surface area contributed by atoms with Crippen molar-refractivity contribution >= 4 is 11.8 Å². The molecule has 2 rings (SSSR count). The van der Waals surface area contributed by atoms with Gasteiger partial charge in [-0.2, -0.15) is 0 Å². The van der Waals surface area contributed by atoms with Gasteiger partial charge in [0.05, 0.1) is 19.3 Å². The van der Waals surface area contributed by atoms with E-state index < -0.39 is 11.9 Å². The highest BCUT2D eigenvalue weighted by Gasteiger charge is 2.34. The first-order valence-electron chi connectivity index (χ1n) is 6.79. The zero-order chi connectivity index (χ0) is 13.7.